The van der Waals surface area contributed by atoms with E-state index in [1.54, 1.807) is 13.8 Å². The van der Waals surface area contributed by atoms with Gasteiger partial charge in [-0.05, 0) is 144 Å². The third-order valence-corrected chi connectivity index (χ3v) is 14.3. The molecular formula is C42H42F12O2. The smallest absolute Gasteiger partial charge is 0.295 e. The molecule has 4 aliphatic carbocycles. The monoisotopic (exact) mass is 806 g/mol. The summed E-state index contributed by atoms with van der Waals surface area (Å²) < 4.78 is 163. The first-order valence-corrected chi connectivity index (χ1v) is 18.5. The molecule has 6 rings (SSSR count). The van der Waals surface area contributed by atoms with Crippen molar-refractivity contribution in [2.24, 2.45) is 45.3 Å². The lowest BCUT2D eigenvalue weighted by molar-refractivity contribution is -0.196. The Morgan fingerprint density at radius 3 is 1.55 bits per heavy atom. The van der Waals surface area contributed by atoms with Crippen LogP contribution in [-0.4, -0.2) is 11.6 Å². The van der Waals surface area contributed by atoms with Gasteiger partial charge in [-0.1, -0.05) is 40.7 Å². The van der Waals surface area contributed by atoms with Crippen molar-refractivity contribution in [3.63, 3.8) is 0 Å². The maximum atomic E-state index is 14.0. The minimum Gasteiger partial charge on any atom is -0.295 e. The molecule has 4 fully saturated rings. The van der Waals surface area contributed by atoms with E-state index in [-0.39, 0.29) is 53.2 Å². The molecule has 0 bridgehead atoms. The van der Waals surface area contributed by atoms with Crippen LogP contribution in [0.1, 0.15) is 113 Å². The molecule has 0 unspecified atom stereocenters. The molecule has 0 amide bonds. The van der Waals surface area contributed by atoms with Crippen LogP contribution in [-0.2, 0) is 34.3 Å². The highest BCUT2D eigenvalue weighted by Crippen LogP contribution is 2.75. The molecule has 0 saturated heterocycles. The maximum Gasteiger partial charge on any atom is 0.416 e. The normalized spacial score (nSPS) is 33.0. The molecule has 2 aromatic carbocycles. The van der Waals surface area contributed by atoms with Gasteiger partial charge in [-0.25, -0.2) is 0 Å². The van der Waals surface area contributed by atoms with Gasteiger partial charge in [-0.15, -0.1) is 0 Å². The van der Waals surface area contributed by atoms with Gasteiger partial charge < -0.3 is 0 Å². The van der Waals surface area contributed by atoms with Crippen molar-refractivity contribution in [1.29, 1.82) is 0 Å². The first-order valence-electron chi connectivity index (χ1n) is 18.5. The zero-order valence-electron chi connectivity index (χ0n) is 31.3. The lowest BCUT2D eigenvalue weighted by Crippen LogP contribution is -2.63. The van der Waals surface area contributed by atoms with Gasteiger partial charge in [-0.3, -0.25) is 9.59 Å². The van der Waals surface area contributed by atoms with Crippen LogP contribution >= 0.6 is 0 Å². The van der Waals surface area contributed by atoms with E-state index < -0.39 is 85.9 Å². The summed E-state index contributed by atoms with van der Waals surface area (Å²) in [7, 11) is 0. The third-order valence-electron chi connectivity index (χ3n) is 14.3. The van der Waals surface area contributed by atoms with Crippen LogP contribution in [0.15, 0.2) is 48.0 Å². The number of alkyl halides is 12. The minimum atomic E-state index is -5.06. The summed E-state index contributed by atoms with van der Waals surface area (Å²) in [6.07, 6.45) is -13.4. The van der Waals surface area contributed by atoms with Gasteiger partial charge in [0.2, 0.25) is 0 Å². The molecule has 0 heterocycles. The zero-order chi connectivity index (χ0) is 41.8. The molecular weight excluding hydrogens is 764 g/mol. The van der Waals surface area contributed by atoms with Crippen molar-refractivity contribution < 1.29 is 62.3 Å². The fourth-order valence-corrected chi connectivity index (χ4v) is 11.7. The fourth-order valence-electron chi connectivity index (χ4n) is 11.7. The number of carbonyl (C=O) groups excluding carboxylic acids is 2. The number of hydrogen-bond acceptors (Lipinski definition) is 2. The van der Waals surface area contributed by atoms with Gasteiger partial charge in [-0.2, -0.15) is 52.7 Å². The van der Waals surface area contributed by atoms with E-state index in [1.165, 1.54) is 0 Å². The van der Waals surface area contributed by atoms with E-state index in [0.29, 0.717) is 62.8 Å². The van der Waals surface area contributed by atoms with Crippen molar-refractivity contribution in [3.05, 3.63) is 81.4 Å². The van der Waals surface area contributed by atoms with Crippen molar-refractivity contribution in [2.45, 2.75) is 104 Å². The lowest BCUT2D eigenvalue weighted by atomic mass is 9.35. The van der Waals surface area contributed by atoms with Gasteiger partial charge in [0.25, 0.3) is 0 Å². The molecule has 306 valence electrons. The van der Waals surface area contributed by atoms with E-state index in [1.807, 2.05) is 6.92 Å². The molecule has 0 spiro atoms. The van der Waals surface area contributed by atoms with Gasteiger partial charge in [0.1, 0.15) is 0 Å². The highest BCUT2D eigenvalue weighted by Gasteiger charge is 2.69. The number of halogens is 12. The summed E-state index contributed by atoms with van der Waals surface area (Å²) >= 11 is 0. The first kappa shape index (κ1) is 42.0. The van der Waals surface area contributed by atoms with Crippen LogP contribution in [0.3, 0.4) is 0 Å². The number of Topliss-reactive ketones (excluding diaryl/α,β-unsaturated/α-hetero) is 1. The molecule has 0 N–H and O–H groups in total. The van der Waals surface area contributed by atoms with Crippen LogP contribution in [0.2, 0.25) is 0 Å². The summed E-state index contributed by atoms with van der Waals surface area (Å²) in [6, 6.07) is 2.41. The Morgan fingerprint density at radius 1 is 0.607 bits per heavy atom. The van der Waals surface area contributed by atoms with E-state index >= 15 is 0 Å². The second-order valence-corrected chi connectivity index (χ2v) is 17.6. The second-order valence-electron chi connectivity index (χ2n) is 17.6. The summed E-state index contributed by atoms with van der Waals surface area (Å²) in [4.78, 5) is 27.8. The number of ketones is 2. The minimum absolute atomic E-state index is 0.0209. The second kappa shape index (κ2) is 13.2. The molecule has 4 aliphatic rings. The van der Waals surface area contributed by atoms with Crippen LogP contribution in [0, 0.1) is 45.3 Å². The molecule has 14 heteroatoms. The summed E-state index contributed by atoms with van der Waals surface area (Å²) in [6.45, 7) is 9.83. The zero-order valence-corrected chi connectivity index (χ0v) is 31.3. The topological polar surface area (TPSA) is 34.1 Å². The molecule has 2 nitrogen and oxygen atoms in total. The van der Waals surface area contributed by atoms with E-state index in [4.69, 9.17) is 0 Å². The third kappa shape index (κ3) is 7.02. The van der Waals surface area contributed by atoms with Crippen molar-refractivity contribution >= 4 is 23.7 Å². The molecule has 7 atom stereocenters. The predicted octanol–water partition coefficient (Wildman–Crippen LogP) is 13.3. The molecule has 56 heavy (non-hydrogen) atoms. The number of allylic oxidation sites excluding steroid dienone is 2. The Bertz CT molecular complexity index is 1920. The number of fused-ring (bicyclic) bond motifs is 5. The number of carbonyl (C=O) groups is 2. The maximum absolute atomic E-state index is 14.0. The van der Waals surface area contributed by atoms with Gasteiger partial charge >= 0.3 is 24.7 Å². The first-order chi connectivity index (χ1) is 25.4. The van der Waals surface area contributed by atoms with Crippen LogP contribution < -0.4 is 0 Å². The fraction of sp³-hybridized carbons (Fsp3) is 0.571. The average Bonchev–Trinajstić information content (AvgIpc) is 3.42. The van der Waals surface area contributed by atoms with Crippen molar-refractivity contribution in [2.75, 3.05) is 0 Å². The van der Waals surface area contributed by atoms with Crippen LogP contribution in [0.4, 0.5) is 52.7 Å². The number of benzene rings is 2. The number of hydrogen-bond donors (Lipinski definition) is 0. The highest BCUT2D eigenvalue weighted by molar-refractivity contribution is 6.04. The van der Waals surface area contributed by atoms with Gasteiger partial charge in [0, 0.05) is 11.3 Å². The largest absolute Gasteiger partial charge is 0.416 e. The van der Waals surface area contributed by atoms with Crippen LogP contribution in [0.5, 0.6) is 0 Å². The molecule has 2 aromatic rings. The summed E-state index contributed by atoms with van der Waals surface area (Å²) in [5.74, 6) is -1.69. The Balaban J connectivity index is 1.31. The standard InChI is InChI=1S/C42H42F12O2/c1-35(2)32-11-13-38(5)33(36(32,3)21-24(34(35)56)14-23-17-27(41(49,50)51)20-28(18-23)42(52,53)54)9-7-30-29(10-12-37(30,38)4)31(55)8-6-22-15-25(39(43,44)45)19-26(16-22)40(46,47)48/h6,8,14-20,29-30,32-33H,7,9-13,21H2,1-5H3/b8-6-,24-14-/t29-,30+,32-,33+,36-,37+,38+/m0/s1. The Kier molecular flexibility index (Phi) is 9.93. The molecule has 0 radical (unpaired) electrons. The van der Waals surface area contributed by atoms with E-state index in [0.717, 1.165) is 18.2 Å². The lowest BCUT2D eigenvalue weighted by Gasteiger charge is -2.69. The van der Waals surface area contributed by atoms with E-state index in [9.17, 15) is 62.3 Å². The molecule has 0 aliphatic heterocycles. The Morgan fingerprint density at radius 2 is 1.07 bits per heavy atom. The highest BCUT2D eigenvalue weighted by atomic mass is 19.4. The number of rotatable bonds is 4. The summed E-state index contributed by atoms with van der Waals surface area (Å²) in [5.41, 5.74) is -9.09. The van der Waals surface area contributed by atoms with E-state index in [2.05, 4.69) is 13.8 Å². The summed E-state index contributed by atoms with van der Waals surface area (Å²) in [5, 5.41) is 0. The molecule has 0 aromatic heterocycles. The predicted molar refractivity (Wildman–Crippen MR) is 184 cm³/mol. The quantitative estimate of drug-likeness (QED) is 0.228. The van der Waals surface area contributed by atoms with Gasteiger partial charge in [0.15, 0.2) is 11.6 Å². The SMILES string of the molecule is CC1(C)C(=O)/C(=C\c2cc(C(F)(F)F)cc(C(F)(F)F)c2)C[C@]2(C)[C@H]3CC[C@@H]4[C@@H](C(=O)/C=C\c5cc(C(F)(F)F)cc(C(F)(F)F)c5)CC[C@@]4(C)[C@]3(C)CC[C@@H]12. The Labute approximate surface area is 316 Å². The van der Waals surface area contributed by atoms with Gasteiger partial charge in [0.05, 0.1) is 22.3 Å². The van der Waals surface area contributed by atoms with Crippen molar-refractivity contribution in [1.82, 2.24) is 0 Å². The molecule has 4 saturated carbocycles. The van der Waals surface area contributed by atoms with Crippen molar-refractivity contribution in [3.8, 4) is 0 Å². The average molecular weight is 807 g/mol. The van der Waals surface area contributed by atoms with Crippen LogP contribution in [0.25, 0.3) is 12.2 Å². The Hall–Kier alpha value is -3.58.